The number of hydrogen-bond acceptors (Lipinski definition) is 6. The summed E-state index contributed by atoms with van der Waals surface area (Å²) in [4.78, 5) is 21.7. The molecule has 0 spiro atoms. The van der Waals surface area contributed by atoms with Gasteiger partial charge in [0.1, 0.15) is 5.82 Å². The number of aromatic nitrogens is 1. The molecule has 0 radical (unpaired) electrons. The number of carbonyl (C=O) groups excluding carboxylic acids is 1. The maximum atomic E-state index is 13.3. The van der Waals surface area contributed by atoms with Crippen LogP contribution in [0.1, 0.15) is 36.7 Å². The molecule has 0 atom stereocenters. The molecule has 0 aliphatic rings. The number of hydrogen-bond donors (Lipinski definition) is 2. The fourth-order valence-corrected chi connectivity index (χ4v) is 3.14. The summed E-state index contributed by atoms with van der Waals surface area (Å²) in [6.07, 6.45) is 3.34. The van der Waals surface area contributed by atoms with Crippen molar-refractivity contribution < 1.29 is 23.4 Å². The Hall–Kier alpha value is -4.14. The lowest BCUT2D eigenvalue weighted by molar-refractivity contribution is 0.0975. The Morgan fingerprint density at radius 1 is 0.914 bits per heavy atom. The molecule has 1 heterocycles. The molecule has 2 N–H and O–H groups in total. The zero-order valence-corrected chi connectivity index (χ0v) is 20.0. The molecule has 8 nitrogen and oxygen atoms in total. The lowest BCUT2D eigenvalue weighted by atomic mass is 10.1. The third-order valence-electron chi connectivity index (χ3n) is 4.68. The zero-order chi connectivity index (χ0) is 25.0. The van der Waals surface area contributed by atoms with Crippen molar-refractivity contribution in [3.05, 3.63) is 77.9 Å². The summed E-state index contributed by atoms with van der Waals surface area (Å²) < 4.78 is 30.5. The molecule has 0 aliphatic heterocycles. The maximum absolute atomic E-state index is 13.3. The Bertz CT molecular complexity index is 1110. The van der Waals surface area contributed by atoms with E-state index < -0.39 is 5.91 Å². The van der Waals surface area contributed by atoms with Crippen LogP contribution < -0.4 is 24.8 Å². The molecular formula is C26H29FN4O4. The summed E-state index contributed by atoms with van der Waals surface area (Å²) in [6.45, 7) is 7.05. The van der Waals surface area contributed by atoms with Crippen LogP contribution in [-0.2, 0) is 6.54 Å². The fourth-order valence-electron chi connectivity index (χ4n) is 3.14. The van der Waals surface area contributed by atoms with Crippen molar-refractivity contribution in [1.82, 2.24) is 10.3 Å². The zero-order valence-electron chi connectivity index (χ0n) is 20.0. The van der Waals surface area contributed by atoms with Crippen LogP contribution in [0.2, 0.25) is 0 Å². The number of nitrogens with zero attached hydrogens (tertiary/aromatic N) is 2. The van der Waals surface area contributed by atoms with Gasteiger partial charge in [-0.15, -0.1) is 0 Å². The number of benzene rings is 2. The first kappa shape index (κ1) is 25.5. The van der Waals surface area contributed by atoms with Gasteiger partial charge >= 0.3 is 0 Å². The Morgan fingerprint density at radius 3 is 2.09 bits per heavy atom. The van der Waals surface area contributed by atoms with Crippen molar-refractivity contribution >= 4 is 17.6 Å². The Balaban J connectivity index is 1.90. The molecule has 1 amide bonds. The van der Waals surface area contributed by atoms with E-state index in [1.165, 1.54) is 12.1 Å². The molecule has 1 aromatic heterocycles. The highest BCUT2D eigenvalue weighted by Gasteiger charge is 2.19. The second kappa shape index (κ2) is 12.9. The molecule has 0 unspecified atom stereocenters. The molecule has 0 saturated heterocycles. The highest BCUT2D eigenvalue weighted by molar-refractivity contribution is 6.10. The number of pyridine rings is 1. The Kier molecular flexibility index (Phi) is 9.41. The summed E-state index contributed by atoms with van der Waals surface area (Å²) in [5, 5.41) is 5.83. The van der Waals surface area contributed by atoms with Gasteiger partial charge in [0.05, 0.1) is 26.4 Å². The Morgan fingerprint density at radius 2 is 1.51 bits per heavy atom. The number of ether oxygens (including phenoxy) is 3. The van der Waals surface area contributed by atoms with Gasteiger partial charge in [0.25, 0.3) is 5.91 Å². The number of guanidine groups is 1. The summed E-state index contributed by atoms with van der Waals surface area (Å²) in [5.41, 5.74) is 1.78. The van der Waals surface area contributed by atoms with E-state index in [1.54, 1.807) is 36.7 Å². The summed E-state index contributed by atoms with van der Waals surface area (Å²) in [7, 11) is 0. The van der Waals surface area contributed by atoms with Crippen LogP contribution in [-0.4, -0.2) is 36.7 Å². The number of halogens is 1. The topological polar surface area (TPSA) is 94.1 Å². The van der Waals surface area contributed by atoms with Crippen molar-refractivity contribution in [2.45, 2.75) is 27.3 Å². The highest BCUT2D eigenvalue weighted by atomic mass is 19.1. The number of aliphatic imine (C=N–C) groups is 1. The van der Waals surface area contributed by atoms with Gasteiger partial charge in [-0.05, 0) is 74.9 Å². The highest BCUT2D eigenvalue weighted by Crippen LogP contribution is 2.39. The summed E-state index contributed by atoms with van der Waals surface area (Å²) >= 11 is 0. The summed E-state index contributed by atoms with van der Waals surface area (Å²) in [5.74, 6) is 0.667. The summed E-state index contributed by atoms with van der Waals surface area (Å²) in [6, 6.07) is 12.6. The molecule has 0 fully saturated rings. The molecule has 184 valence electrons. The van der Waals surface area contributed by atoms with Crippen molar-refractivity contribution in [2.24, 2.45) is 4.99 Å². The average Bonchev–Trinajstić information content (AvgIpc) is 2.86. The van der Waals surface area contributed by atoms with E-state index in [-0.39, 0.29) is 11.8 Å². The lowest BCUT2D eigenvalue weighted by Crippen LogP contribution is -2.36. The van der Waals surface area contributed by atoms with E-state index in [0.29, 0.717) is 54.9 Å². The van der Waals surface area contributed by atoms with Gasteiger partial charge in [-0.25, -0.2) is 9.38 Å². The lowest BCUT2D eigenvalue weighted by Gasteiger charge is -2.17. The van der Waals surface area contributed by atoms with Crippen molar-refractivity contribution in [3.8, 4) is 17.2 Å². The fraction of sp³-hybridized carbons (Fsp3) is 0.269. The van der Waals surface area contributed by atoms with Crippen LogP contribution in [0.3, 0.4) is 0 Å². The van der Waals surface area contributed by atoms with Crippen LogP contribution in [0.4, 0.5) is 10.1 Å². The Labute approximate surface area is 204 Å². The third-order valence-corrected chi connectivity index (χ3v) is 4.68. The van der Waals surface area contributed by atoms with E-state index in [4.69, 9.17) is 14.2 Å². The molecule has 3 rings (SSSR count). The van der Waals surface area contributed by atoms with Crippen molar-refractivity contribution in [2.75, 3.05) is 25.1 Å². The van der Waals surface area contributed by atoms with Crippen LogP contribution in [0.25, 0.3) is 0 Å². The quantitative estimate of drug-likeness (QED) is 0.319. The standard InChI is InChI=1S/C26H29FN4O4/c1-4-33-22-15-19(16-23(34-5-2)24(22)35-6-3)25(32)31-26(29-17-18-11-13-28-14-12-18)30-21-9-7-20(27)8-10-21/h7-16H,4-6,17H2,1-3H3,(H2,29,30,31,32). The molecular weight excluding hydrogens is 451 g/mol. The largest absolute Gasteiger partial charge is 0.490 e. The predicted molar refractivity (Wildman–Crippen MR) is 133 cm³/mol. The first-order valence-electron chi connectivity index (χ1n) is 11.4. The smallest absolute Gasteiger partial charge is 0.258 e. The van der Waals surface area contributed by atoms with E-state index >= 15 is 0 Å². The first-order chi connectivity index (χ1) is 17.0. The second-order valence-corrected chi connectivity index (χ2v) is 7.21. The normalized spacial score (nSPS) is 11.0. The van der Waals surface area contributed by atoms with E-state index in [0.717, 1.165) is 5.56 Å². The number of rotatable bonds is 10. The second-order valence-electron chi connectivity index (χ2n) is 7.21. The SMILES string of the molecule is CCOc1cc(C(=O)NC(=NCc2ccncc2)Nc2ccc(F)cc2)cc(OCC)c1OCC. The van der Waals surface area contributed by atoms with Gasteiger partial charge in [-0.1, -0.05) is 0 Å². The third kappa shape index (κ3) is 7.43. The number of carbonyl (C=O) groups is 1. The van der Waals surface area contributed by atoms with Crippen molar-refractivity contribution in [3.63, 3.8) is 0 Å². The minimum absolute atomic E-state index is 0.197. The predicted octanol–water partition coefficient (Wildman–Crippen LogP) is 4.81. The molecule has 2 aromatic carbocycles. The number of anilines is 1. The minimum atomic E-state index is -0.432. The van der Waals surface area contributed by atoms with Crippen molar-refractivity contribution in [1.29, 1.82) is 0 Å². The van der Waals surface area contributed by atoms with Gasteiger partial charge in [0.15, 0.2) is 11.5 Å². The van der Waals surface area contributed by atoms with E-state index in [9.17, 15) is 9.18 Å². The molecule has 0 aliphatic carbocycles. The maximum Gasteiger partial charge on any atom is 0.258 e. The number of nitrogens with one attached hydrogen (secondary N) is 2. The molecule has 3 aromatic rings. The van der Waals surface area contributed by atoms with Gasteiger partial charge in [-0.3, -0.25) is 15.1 Å². The first-order valence-corrected chi connectivity index (χ1v) is 11.4. The van der Waals surface area contributed by atoms with Crippen LogP contribution in [0.5, 0.6) is 17.2 Å². The van der Waals surface area contributed by atoms with Gasteiger partial charge in [-0.2, -0.15) is 0 Å². The van der Waals surface area contributed by atoms with E-state index in [2.05, 4.69) is 20.6 Å². The minimum Gasteiger partial charge on any atom is -0.490 e. The van der Waals surface area contributed by atoms with E-state index in [1.807, 2.05) is 32.9 Å². The monoisotopic (exact) mass is 480 g/mol. The number of amides is 1. The van der Waals surface area contributed by atoms with Crippen LogP contribution >= 0.6 is 0 Å². The molecule has 9 heteroatoms. The van der Waals surface area contributed by atoms with Crippen LogP contribution in [0, 0.1) is 5.82 Å². The van der Waals surface area contributed by atoms with Gasteiger partial charge in [0, 0.05) is 23.6 Å². The molecule has 0 bridgehead atoms. The molecule has 0 saturated carbocycles. The van der Waals surface area contributed by atoms with Gasteiger partial charge in [0.2, 0.25) is 11.7 Å². The molecule has 35 heavy (non-hydrogen) atoms. The van der Waals surface area contributed by atoms with Crippen LogP contribution in [0.15, 0.2) is 65.9 Å². The average molecular weight is 481 g/mol. The van der Waals surface area contributed by atoms with Gasteiger partial charge < -0.3 is 19.5 Å².